The largest absolute Gasteiger partial charge is 0.468 e. The zero-order valence-electron chi connectivity index (χ0n) is 14.3. The molecule has 1 aliphatic heterocycles. The molecule has 124 valence electrons. The van der Waals surface area contributed by atoms with Crippen molar-refractivity contribution in [3.05, 3.63) is 0 Å². The fourth-order valence-corrected chi connectivity index (χ4v) is 3.06. The van der Waals surface area contributed by atoms with E-state index in [0.717, 1.165) is 32.6 Å². The Hall–Kier alpha value is -0.650. The molecule has 1 heterocycles. The molecular weight excluding hydrogens is 268 g/mol. The molecule has 2 atom stereocenters. The smallest absolute Gasteiger partial charge is 0.326 e. The van der Waals surface area contributed by atoms with Gasteiger partial charge in [-0.15, -0.1) is 0 Å². The Balaban J connectivity index is 2.73. The van der Waals surface area contributed by atoms with Gasteiger partial charge in [-0.25, -0.2) is 0 Å². The highest BCUT2D eigenvalue weighted by molar-refractivity contribution is 5.81. The molecule has 0 amide bonds. The van der Waals surface area contributed by atoms with E-state index in [1.807, 2.05) is 0 Å². The molecule has 0 bridgehead atoms. The van der Waals surface area contributed by atoms with Gasteiger partial charge in [0, 0.05) is 26.1 Å². The van der Waals surface area contributed by atoms with Crippen molar-refractivity contribution in [2.24, 2.45) is 0 Å². The highest BCUT2D eigenvalue weighted by Gasteiger charge is 2.48. The molecule has 1 fully saturated rings. The van der Waals surface area contributed by atoms with Crippen LogP contribution in [0.1, 0.15) is 47.0 Å². The molecule has 2 unspecified atom stereocenters. The average Bonchev–Trinajstić information content (AvgIpc) is 2.51. The summed E-state index contributed by atoms with van der Waals surface area (Å²) in [6.45, 7) is 12.9. The summed E-state index contributed by atoms with van der Waals surface area (Å²) in [5.74, 6) is -0.162. The third-order valence-electron chi connectivity index (χ3n) is 4.76. The van der Waals surface area contributed by atoms with Crippen LogP contribution in [0.25, 0.3) is 0 Å². The maximum atomic E-state index is 12.4. The predicted molar refractivity (Wildman–Crippen MR) is 84.4 cm³/mol. The van der Waals surface area contributed by atoms with Gasteiger partial charge in [0.05, 0.1) is 12.7 Å². The minimum atomic E-state index is -0.606. The lowest BCUT2D eigenvalue weighted by atomic mass is 9.79. The summed E-state index contributed by atoms with van der Waals surface area (Å²) in [5.41, 5.74) is -0.862. The first-order valence-electron chi connectivity index (χ1n) is 8.15. The summed E-state index contributed by atoms with van der Waals surface area (Å²) in [5, 5.41) is 3.48. The number of hydrogen-bond acceptors (Lipinski definition) is 5. The summed E-state index contributed by atoms with van der Waals surface area (Å²) in [6, 6.07) is 0. The maximum absolute atomic E-state index is 12.4. The summed E-state index contributed by atoms with van der Waals surface area (Å²) in [6.07, 6.45) is 2.23. The number of methoxy groups -OCH3 is 1. The lowest BCUT2D eigenvalue weighted by Gasteiger charge is -2.45. The topological polar surface area (TPSA) is 50.8 Å². The van der Waals surface area contributed by atoms with Gasteiger partial charge in [0.1, 0.15) is 5.54 Å². The van der Waals surface area contributed by atoms with E-state index in [1.54, 1.807) is 0 Å². The second-order valence-corrected chi connectivity index (χ2v) is 6.11. The fraction of sp³-hybridized carbons (Fsp3) is 0.938. The molecule has 5 nitrogen and oxygen atoms in total. The molecule has 0 spiro atoms. The highest BCUT2D eigenvalue weighted by atomic mass is 16.5. The number of esters is 1. The van der Waals surface area contributed by atoms with Gasteiger partial charge >= 0.3 is 5.97 Å². The number of rotatable bonds is 8. The van der Waals surface area contributed by atoms with E-state index in [2.05, 4.69) is 37.9 Å². The van der Waals surface area contributed by atoms with E-state index in [4.69, 9.17) is 9.47 Å². The third kappa shape index (κ3) is 4.66. The first kappa shape index (κ1) is 18.4. The molecular formula is C16H32N2O3. The molecule has 0 aromatic carbocycles. The lowest BCUT2D eigenvalue weighted by Crippen LogP contribution is -2.61. The number of likely N-dealkylation sites (N-methyl/N-ethyl adjacent to an activating group) is 1. The Morgan fingerprint density at radius 3 is 2.52 bits per heavy atom. The molecule has 0 aromatic heterocycles. The molecule has 0 aromatic rings. The van der Waals surface area contributed by atoms with E-state index in [-0.39, 0.29) is 11.6 Å². The molecule has 1 rings (SSSR count). The van der Waals surface area contributed by atoms with Crippen LogP contribution in [-0.2, 0) is 14.3 Å². The van der Waals surface area contributed by atoms with E-state index in [9.17, 15) is 4.79 Å². The molecule has 5 heteroatoms. The van der Waals surface area contributed by atoms with Gasteiger partial charge in [-0.2, -0.15) is 0 Å². The zero-order chi connectivity index (χ0) is 15.9. The minimum Gasteiger partial charge on any atom is -0.468 e. The van der Waals surface area contributed by atoms with Crippen LogP contribution in [0.3, 0.4) is 0 Å². The van der Waals surface area contributed by atoms with Crippen molar-refractivity contribution >= 4 is 5.97 Å². The Morgan fingerprint density at radius 1 is 1.33 bits per heavy atom. The SMILES string of the molecule is CCN(CC)CCNC1(C(=O)OC)CCOC(C)(CC)C1. The number of nitrogens with zero attached hydrogens (tertiary/aromatic N) is 1. The van der Waals surface area contributed by atoms with Crippen LogP contribution < -0.4 is 5.32 Å². The van der Waals surface area contributed by atoms with Crippen LogP contribution in [0.5, 0.6) is 0 Å². The van der Waals surface area contributed by atoms with Crippen molar-refractivity contribution in [1.82, 2.24) is 10.2 Å². The van der Waals surface area contributed by atoms with Crippen LogP contribution in [0.4, 0.5) is 0 Å². The van der Waals surface area contributed by atoms with Gasteiger partial charge in [0.15, 0.2) is 0 Å². The van der Waals surface area contributed by atoms with Crippen LogP contribution in [0, 0.1) is 0 Å². The van der Waals surface area contributed by atoms with Gasteiger partial charge in [0.25, 0.3) is 0 Å². The molecule has 0 radical (unpaired) electrons. The van der Waals surface area contributed by atoms with Crippen molar-refractivity contribution in [3.63, 3.8) is 0 Å². The summed E-state index contributed by atoms with van der Waals surface area (Å²) in [7, 11) is 1.47. The number of ether oxygens (including phenoxy) is 2. The number of carbonyl (C=O) groups excluding carboxylic acids is 1. The second-order valence-electron chi connectivity index (χ2n) is 6.11. The first-order valence-corrected chi connectivity index (χ1v) is 8.15. The van der Waals surface area contributed by atoms with Gasteiger partial charge in [0.2, 0.25) is 0 Å². The average molecular weight is 300 g/mol. The van der Waals surface area contributed by atoms with Crippen LogP contribution in [0.2, 0.25) is 0 Å². The lowest BCUT2D eigenvalue weighted by molar-refractivity contribution is -0.163. The summed E-state index contributed by atoms with van der Waals surface area (Å²) < 4.78 is 10.9. The van der Waals surface area contributed by atoms with Gasteiger partial charge in [-0.3, -0.25) is 4.79 Å². The van der Waals surface area contributed by atoms with E-state index >= 15 is 0 Å². The molecule has 0 saturated carbocycles. The maximum Gasteiger partial charge on any atom is 0.326 e. The van der Waals surface area contributed by atoms with E-state index in [1.165, 1.54) is 7.11 Å². The molecule has 0 aliphatic carbocycles. The van der Waals surface area contributed by atoms with Crippen molar-refractivity contribution < 1.29 is 14.3 Å². The second kappa shape index (κ2) is 8.11. The standard InChI is InChI=1S/C16H32N2O3/c1-6-15(4)13-16(9-12-21-15,14(19)20-5)17-10-11-18(7-2)8-3/h17H,6-13H2,1-5H3. The van der Waals surface area contributed by atoms with E-state index in [0.29, 0.717) is 19.4 Å². The Morgan fingerprint density at radius 2 is 2.00 bits per heavy atom. The first-order chi connectivity index (χ1) is 9.95. The van der Waals surface area contributed by atoms with E-state index < -0.39 is 5.54 Å². The van der Waals surface area contributed by atoms with Gasteiger partial charge in [-0.1, -0.05) is 20.8 Å². The number of hydrogen-bond donors (Lipinski definition) is 1. The Kier molecular flexibility index (Phi) is 7.10. The number of carbonyl (C=O) groups is 1. The normalized spacial score (nSPS) is 29.6. The molecule has 1 N–H and O–H groups in total. The van der Waals surface area contributed by atoms with Gasteiger partial charge < -0.3 is 19.7 Å². The Bertz CT molecular complexity index is 333. The third-order valence-corrected chi connectivity index (χ3v) is 4.76. The molecule has 1 aliphatic rings. The molecule has 21 heavy (non-hydrogen) atoms. The predicted octanol–water partition coefficient (Wildman–Crippen LogP) is 1.81. The Labute approximate surface area is 129 Å². The summed E-state index contributed by atoms with van der Waals surface area (Å²) >= 11 is 0. The van der Waals surface area contributed by atoms with Crippen molar-refractivity contribution in [2.75, 3.05) is 39.9 Å². The minimum absolute atomic E-state index is 0.162. The fourth-order valence-electron chi connectivity index (χ4n) is 3.06. The number of nitrogens with one attached hydrogen (secondary N) is 1. The molecule has 1 saturated heterocycles. The monoisotopic (exact) mass is 300 g/mol. The van der Waals surface area contributed by atoms with Gasteiger partial charge in [-0.05, 0) is 32.9 Å². The van der Waals surface area contributed by atoms with Crippen molar-refractivity contribution in [1.29, 1.82) is 0 Å². The van der Waals surface area contributed by atoms with Crippen LogP contribution in [-0.4, -0.2) is 61.9 Å². The quantitative estimate of drug-likeness (QED) is 0.693. The highest BCUT2D eigenvalue weighted by Crippen LogP contribution is 2.35. The summed E-state index contributed by atoms with van der Waals surface area (Å²) in [4.78, 5) is 14.7. The van der Waals surface area contributed by atoms with Crippen LogP contribution in [0.15, 0.2) is 0 Å². The van der Waals surface area contributed by atoms with Crippen LogP contribution >= 0.6 is 0 Å². The van der Waals surface area contributed by atoms with Crippen molar-refractivity contribution in [2.45, 2.75) is 58.1 Å². The van der Waals surface area contributed by atoms with Crippen molar-refractivity contribution in [3.8, 4) is 0 Å². The zero-order valence-corrected chi connectivity index (χ0v) is 14.3.